The van der Waals surface area contributed by atoms with Crippen LogP contribution < -0.4 is 10.9 Å². The van der Waals surface area contributed by atoms with E-state index in [1.165, 1.54) is 21.0 Å². The van der Waals surface area contributed by atoms with Gasteiger partial charge in [0.05, 0.1) is 29.7 Å². The molecule has 2 aromatic heterocycles. The number of alkyl halides is 3. The normalized spacial score (nSPS) is 12.6. The zero-order valence-corrected chi connectivity index (χ0v) is 15.9. The molecule has 1 aromatic carbocycles. The van der Waals surface area contributed by atoms with Crippen molar-refractivity contribution in [1.29, 1.82) is 0 Å². The van der Waals surface area contributed by atoms with Crippen molar-refractivity contribution in [2.24, 2.45) is 0 Å². The molecule has 0 aliphatic heterocycles. The molecule has 158 valence electrons. The monoisotopic (exact) mass is 425 g/mol. The quantitative estimate of drug-likeness (QED) is 0.488. The molecule has 0 aliphatic carbocycles. The van der Waals surface area contributed by atoms with E-state index >= 15 is 0 Å². The van der Waals surface area contributed by atoms with Crippen molar-refractivity contribution in [3.63, 3.8) is 0 Å². The topological polar surface area (TPSA) is 110 Å². The third-order valence-corrected chi connectivity index (χ3v) is 4.26. The summed E-state index contributed by atoms with van der Waals surface area (Å²) < 4.78 is 60.3. The van der Waals surface area contributed by atoms with Gasteiger partial charge in [-0.15, -0.1) is 0 Å². The molecule has 0 saturated heterocycles. The van der Waals surface area contributed by atoms with Crippen LogP contribution in [-0.2, 0) is 10.9 Å². The predicted molar refractivity (Wildman–Crippen MR) is 97.5 cm³/mol. The number of methoxy groups -OCH3 is 1. The lowest BCUT2D eigenvalue weighted by Gasteiger charge is -2.21. The lowest BCUT2D eigenvalue weighted by molar-refractivity contribution is -0.140. The summed E-state index contributed by atoms with van der Waals surface area (Å²) in [5.74, 6) is -2.45. The summed E-state index contributed by atoms with van der Waals surface area (Å²) in [7, 11) is 1.17. The van der Waals surface area contributed by atoms with Crippen LogP contribution in [0.5, 0.6) is 0 Å². The highest BCUT2D eigenvalue weighted by Crippen LogP contribution is 2.39. The van der Waals surface area contributed by atoms with Gasteiger partial charge in [-0.1, -0.05) is 0 Å². The number of carbonyl (C=O) groups excluding carboxylic acids is 1. The highest BCUT2D eigenvalue weighted by atomic mass is 19.4. The Balaban J connectivity index is 2.09. The minimum Gasteiger partial charge on any atom is -0.465 e. The molecule has 1 unspecified atom stereocenters. The van der Waals surface area contributed by atoms with Gasteiger partial charge in [0.25, 0.3) is 5.56 Å². The number of aromatic nitrogens is 4. The molecule has 3 rings (SSSR count). The molecule has 0 radical (unpaired) electrons. The SMILES string of the molecule is COC(=O)c1cnc(NC(C)c2cc3c(=O)[nH]c(C)nc3c(F)c2C(F)(F)F)nc1. The van der Waals surface area contributed by atoms with Gasteiger partial charge >= 0.3 is 12.1 Å². The highest BCUT2D eigenvalue weighted by Gasteiger charge is 2.39. The van der Waals surface area contributed by atoms with E-state index in [2.05, 4.69) is 30.0 Å². The van der Waals surface area contributed by atoms with Crippen molar-refractivity contribution < 1.29 is 27.1 Å². The maximum atomic E-state index is 14.8. The Hall–Kier alpha value is -3.57. The minimum atomic E-state index is -5.04. The Bertz CT molecular complexity index is 1180. The van der Waals surface area contributed by atoms with Crippen molar-refractivity contribution in [2.75, 3.05) is 12.4 Å². The first-order valence-electron chi connectivity index (χ1n) is 8.50. The molecule has 0 fully saturated rings. The number of halogens is 4. The molecule has 0 saturated carbocycles. The van der Waals surface area contributed by atoms with Crippen LogP contribution in [-0.4, -0.2) is 33.0 Å². The van der Waals surface area contributed by atoms with Gasteiger partial charge in [-0.25, -0.2) is 24.1 Å². The number of rotatable bonds is 4. The molecule has 2 N–H and O–H groups in total. The van der Waals surface area contributed by atoms with Crippen molar-refractivity contribution in [1.82, 2.24) is 19.9 Å². The third-order valence-electron chi connectivity index (χ3n) is 4.26. The van der Waals surface area contributed by atoms with Gasteiger partial charge < -0.3 is 15.0 Å². The number of carbonyl (C=O) groups is 1. The van der Waals surface area contributed by atoms with Crippen LogP contribution in [0.25, 0.3) is 10.9 Å². The number of aryl methyl sites for hydroxylation is 1. The first-order chi connectivity index (χ1) is 14.0. The fraction of sp³-hybridized carbons (Fsp3) is 0.278. The van der Waals surface area contributed by atoms with E-state index in [4.69, 9.17) is 0 Å². The number of anilines is 1. The zero-order chi connectivity index (χ0) is 22.2. The zero-order valence-electron chi connectivity index (χ0n) is 15.9. The average molecular weight is 425 g/mol. The second-order valence-electron chi connectivity index (χ2n) is 6.35. The van der Waals surface area contributed by atoms with E-state index in [-0.39, 0.29) is 22.7 Å². The molecule has 1 atom stereocenters. The molecule has 2 heterocycles. The van der Waals surface area contributed by atoms with Crippen molar-refractivity contribution in [3.8, 4) is 0 Å². The number of fused-ring (bicyclic) bond motifs is 1. The van der Waals surface area contributed by atoms with E-state index < -0.39 is 46.2 Å². The Morgan fingerprint density at radius 3 is 2.47 bits per heavy atom. The number of esters is 1. The second-order valence-corrected chi connectivity index (χ2v) is 6.35. The van der Waals surface area contributed by atoms with Crippen LogP contribution in [0.15, 0.2) is 23.3 Å². The average Bonchev–Trinajstić information content (AvgIpc) is 2.67. The first-order valence-corrected chi connectivity index (χ1v) is 8.50. The van der Waals surface area contributed by atoms with Crippen LogP contribution >= 0.6 is 0 Å². The molecular weight excluding hydrogens is 410 g/mol. The Morgan fingerprint density at radius 1 is 1.27 bits per heavy atom. The van der Waals surface area contributed by atoms with Crippen molar-refractivity contribution in [3.05, 3.63) is 57.1 Å². The number of H-pyrrole nitrogens is 1. The largest absolute Gasteiger partial charge is 0.465 e. The van der Waals surface area contributed by atoms with Gasteiger partial charge in [-0.3, -0.25) is 4.79 Å². The summed E-state index contributed by atoms with van der Waals surface area (Å²) in [4.78, 5) is 37.3. The van der Waals surface area contributed by atoms with Crippen LogP contribution in [0, 0.1) is 12.7 Å². The Kier molecular flexibility index (Phi) is 5.42. The lowest BCUT2D eigenvalue weighted by atomic mass is 9.97. The highest BCUT2D eigenvalue weighted by molar-refractivity contribution is 5.88. The Labute approximate surface area is 166 Å². The maximum Gasteiger partial charge on any atom is 0.419 e. The van der Waals surface area contributed by atoms with Crippen LogP contribution in [0.1, 0.15) is 40.3 Å². The standard InChI is InChI=1S/C18H15F4N5O3/c1-7(25-17-23-5-9(6-24-17)16(29)30-3)10-4-11-14(26-8(2)27-15(11)28)13(19)12(10)18(20,21)22/h4-7H,1-3H3,(H,23,24,25)(H,26,27,28). The summed E-state index contributed by atoms with van der Waals surface area (Å²) in [6, 6.07) is -0.210. The second kappa shape index (κ2) is 7.69. The molecular formula is C18H15F4N5O3. The van der Waals surface area contributed by atoms with Gasteiger partial charge in [0.1, 0.15) is 11.3 Å². The van der Waals surface area contributed by atoms with E-state index in [1.807, 2.05) is 0 Å². The van der Waals surface area contributed by atoms with E-state index in [9.17, 15) is 27.2 Å². The number of hydrogen-bond donors (Lipinski definition) is 2. The summed E-state index contributed by atoms with van der Waals surface area (Å²) in [5, 5.41) is 2.28. The van der Waals surface area contributed by atoms with E-state index in [0.29, 0.717) is 0 Å². The molecule has 0 aliphatic rings. The number of hydrogen-bond acceptors (Lipinski definition) is 7. The lowest BCUT2D eigenvalue weighted by Crippen LogP contribution is -2.21. The Morgan fingerprint density at radius 2 is 1.90 bits per heavy atom. The van der Waals surface area contributed by atoms with Crippen molar-refractivity contribution in [2.45, 2.75) is 26.1 Å². The van der Waals surface area contributed by atoms with Crippen molar-refractivity contribution >= 4 is 22.8 Å². The number of benzene rings is 1. The molecule has 30 heavy (non-hydrogen) atoms. The predicted octanol–water partition coefficient (Wildman–Crippen LogP) is 3.14. The smallest absolute Gasteiger partial charge is 0.419 e. The van der Waals surface area contributed by atoms with E-state index in [1.54, 1.807) is 0 Å². The summed E-state index contributed by atoms with van der Waals surface area (Å²) in [6.07, 6.45) is -2.80. The van der Waals surface area contributed by atoms with Gasteiger partial charge in [0, 0.05) is 12.4 Å². The molecule has 0 bridgehead atoms. The van der Waals surface area contributed by atoms with Crippen LogP contribution in [0.4, 0.5) is 23.5 Å². The number of nitrogens with zero attached hydrogens (tertiary/aromatic N) is 3. The summed E-state index contributed by atoms with van der Waals surface area (Å²) in [5.41, 5.74) is -3.46. The molecule has 3 aromatic rings. The number of nitrogens with one attached hydrogen (secondary N) is 2. The van der Waals surface area contributed by atoms with Crippen LogP contribution in [0.3, 0.4) is 0 Å². The minimum absolute atomic E-state index is 0.0162. The third kappa shape index (κ3) is 3.93. The molecule has 12 heteroatoms. The fourth-order valence-electron chi connectivity index (χ4n) is 2.90. The number of aromatic amines is 1. The summed E-state index contributed by atoms with van der Waals surface area (Å²) in [6.45, 7) is 2.66. The summed E-state index contributed by atoms with van der Waals surface area (Å²) >= 11 is 0. The van der Waals surface area contributed by atoms with Crippen LogP contribution in [0.2, 0.25) is 0 Å². The molecule has 0 amide bonds. The van der Waals surface area contributed by atoms with E-state index in [0.717, 1.165) is 18.5 Å². The first kappa shape index (κ1) is 21.1. The number of ether oxygens (including phenoxy) is 1. The van der Waals surface area contributed by atoms with Gasteiger partial charge in [0.2, 0.25) is 5.95 Å². The molecule has 8 nitrogen and oxygen atoms in total. The van der Waals surface area contributed by atoms with Gasteiger partial charge in [-0.2, -0.15) is 13.2 Å². The van der Waals surface area contributed by atoms with Gasteiger partial charge in [-0.05, 0) is 25.5 Å². The maximum absolute atomic E-state index is 14.8. The van der Waals surface area contributed by atoms with Gasteiger partial charge in [0.15, 0.2) is 5.82 Å². The fourth-order valence-corrected chi connectivity index (χ4v) is 2.90. The molecule has 0 spiro atoms.